The number of benzene rings is 2. The van der Waals surface area contributed by atoms with Crippen molar-refractivity contribution in [1.82, 2.24) is 10.0 Å². The molecule has 31 heavy (non-hydrogen) atoms. The summed E-state index contributed by atoms with van der Waals surface area (Å²) in [6.45, 7) is 2.02. The number of ether oxygens (including phenoxy) is 2. The van der Waals surface area contributed by atoms with E-state index in [-0.39, 0.29) is 34.5 Å². The first-order valence-electron chi connectivity index (χ1n) is 9.18. The number of methoxy groups -OCH3 is 1. The molecule has 7 nitrogen and oxygen atoms in total. The molecule has 2 N–H and O–H groups in total. The van der Waals surface area contributed by atoms with Gasteiger partial charge in [0, 0.05) is 18.2 Å². The molecule has 0 saturated carbocycles. The van der Waals surface area contributed by atoms with Gasteiger partial charge in [0.2, 0.25) is 10.0 Å². The molecule has 0 atom stereocenters. The molecule has 0 unspecified atom stereocenters. The average molecular weight is 460 g/mol. The molecule has 1 amide bonds. The standard InChI is InChI=1S/C20H23F3N2O5S/c1-13(2)25-31(27,28)18-10-15(6-9-17(18)29-3)19(26)24-11-14-4-7-16(8-5-14)30-12-20(21,22)23/h4-10,13,25H,11-12H2,1-3H3,(H,24,26). The van der Waals surface area contributed by atoms with Gasteiger partial charge >= 0.3 is 6.18 Å². The smallest absolute Gasteiger partial charge is 0.422 e. The molecule has 0 aliphatic rings. The van der Waals surface area contributed by atoms with Crippen LogP contribution in [0.25, 0.3) is 0 Å². The van der Waals surface area contributed by atoms with Crippen molar-refractivity contribution >= 4 is 15.9 Å². The van der Waals surface area contributed by atoms with E-state index in [0.717, 1.165) is 0 Å². The highest BCUT2D eigenvalue weighted by molar-refractivity contribution is 7.89. The minimum Gasteiger partial charge on any atom is -0.495 e. The second-order valence-electron chi connectivity index (χ2n) is 6.87. The van der Waals surface area contributed by atoms with E-state index in [1.54, 1.807) is 13.8 Å². The van der Waals surface area contributed by atoms with E-state index in [2.05, 4.69) is 14.8 Å². The summed E-state index contributed by atoms with van der Waals surface area (Å²) in [5.74, 6) is -0.379. The van der Waals surface area contributed by atoms with Crippen molar-refractivity contribution in [3.05, 3.63) is 53.6 Å². The maximum Gasteiger partial charge on any atom is 0.422 e. The van der Waals surface area contributed by atoms with Gasteiger partial charge < -0.3 is 14.8 Å². The van der Waals surface area contributed by atoms with E-state index in [1.165, 1.54) is 49.6 Å². The number of rotatable bonds is 9. The van der Waals surface area contributed by atoms with Gasteiger partial charge in [0.1, 0.15) is 16.4 Å². The predicted molar refractivity (Wildman–Crippen MR) is 108 cm³/mol. The van der Waals surface area contributed by atoms with Crippen molar-refractivity contribution in [3.63, 3.8) is 0 Å². The van der Waals surface area contributed by atoms with Crippen LogP contribution in [0.15, 0.2) is 47.4 Å². The second kappa shape index (κ2) is 10.0. The topological polar surface area (TPSA) is 93.7 Å². The van der Waals surface area contributed by atoms with Crippen molar-refractivity contribution in [2.45, 2.75) is 37.5 Å². The Bertz CT molecular complexity index is 1010. The third kappa shape index (κ3) is 7.44. The van der Waals surface area contributed by atoms with Crippen molar-refractivity contribution in [3.8, 4) is 11.5 Å². The normalized spacial score (nSPS) is 12.0. The zero-order valence-corrected chi connectivity index (χ0v) is 17.9. The van der Waals surface area contributed by atoms with E-state index in [1.807, 2.05) is 0 Å². The summed E-state index contributed by atoms with van der Waals surface area (Å²) in [6.07, 6.45) is -4.43. The third-order valence-corrected chi connectivity index (χ3v) is 5.56. The minimum absolute atomic E-state index is 0.0510. The molecule has 0 spiro atoms. The number of carbonyl (C=O) groups is 1. The minimum atomic E-state index is -4.43. The number of hydrogen-bond donors (Lipinski definition) is 2. The number of carbonyl (C=O) groups excluding carboxylic acids is 1. The van der Waals surface area contributed by atoms with Gasteiger partial charge in [0.05, 0.1) is 7.11 Å². The lowest BCUT2D eigenvalue weighted by atomic mass is 10.2. The fraction of sp³-hybridized carbons (Fsp3) is 0.350. The molecule has 2 aromatic rings. The molecular weight excluding hydrogens is 437 g/mol. The summed E-state index contributed by atoms with van der Waals surface area (Å²) in [4.78, 5) is 12.3. The first-order chi connectivity index (χ1) is 14.4. The number of hydrogen-bond acceptors (Lipinski definition) is 5. The molecule has 0 aromatic heterocycles. The highest BCUT2D eigenvalue weighted by Crippen LogP contribution is 2.25. The van der Waals surface area contributed by atoms with Gasteiger partial charge in [0.15, 0.2) is 6.61 Å². The summed E-state index contributed by atoms with van der Waals surface area (Å²) in [7, 11) is -2.57. The molecule has 2 aromatic carbocycles. The Morgan fingerprint density at radius 3 is 2.29 bits per heavy atom. The van der Waals surface area contributed by atoms with Crippen LogP contribution in [0.1, 0.15) is 29.8 Å². The fourth-order valence-electron chi connectivity index (χ4n) is 2.55. The van der Waals surface area contributed by atoms with Gasteiger partial charge in [0.25, 0.3) is 5.91 Å². The van der Waals surface area contributed by atoms with E-state index in [9.17, 15) is 26.4 Å². The zero-order chi connectivity index (χ0) is 23.2. The lowest BCUT2D eigenvalue weighted by molar-refractivity contribution is -0.153. The fourth-order valence-corrected chi connectivity index (χ4v) is 4.00. The molecule has 0 fully saturated rings. The van der Waals surface area contributed by atoms with Crippen molar-refractivity contribution < 1.29 is 35.9 Å². The average Bonchev–Trinajstić information content (AvgIpc) is 2.69. The first kappa shape index (κ1) is 24.5. The summed E-state index contributed by atoms with van der Waals surface area (Å²) in [5, 5.41) is 2.63. The molecular formula is C20H23F3N2O5S. The first-order valence-corrected chi connectivity index (χ1v) is 10.7. The van der Waals surface area contributed by atoms with Crippen LogP contribution in [0.2, 0.25) is 0 Å². The Morgan fingerprint density at radius 1 is 1.10 bits per heavy atom. The molecule has 0 heterocycles. The molecule has 170 valence electrons. The highest BCUT2D eigenvalue weighted by Gasteiger charge is 2.28. The number of sulfonamides is 1. The Balaban J connectivity index is 2.08. The van der Waals surface area contributed by atoms with Gasteiger partial charge in [-0.25, -0.2) is 13.1 Å². The molecule has 0 bridgehead atoms. The lowest BCUT2D eigenvalue weighted by Crippen LogP contribution is -2.31. The number of alkyl halides is 3. The maximum atomic E-state index is 12.5. The number of nitrogens with one attached hydrogen (secondary N) is 2. The van der Waals surface area contributed by atoms with Gasteiger partial charge in [-0.05, 0) is 49.7 Å². The molecule has 0 aliphatic carbocycles. The summed E-state index contributed by atoms with van der Waals surface area (Å²) >= 11 is 0. The van der Waals surface area contributed by atoms with Crippen LogP contribution in [-0.2, 0) is 16.6 Å². The Labute approximate surface area is 178 Å². The quantitative estimate of drug-likeness (QED) is 0.599. The van der Waals surface area contributed by atoms with Gasteiger partial charge in [-0.1, -0.05) is 12.1 Å². The number of amides is 1. The summed E-state index contributed by atoms with van der Waals surface area (Å²) in [6, 6.07) is 9.44. The zero-order valence-electron chi connectivity index (χ0n) is 17.1. The second-order valence-corrected chi connectivity index (χ2v) is 8.55. The molecule has 0 radical (unpaired) electrons. The van der Waals surface area contributed by atoms with Crippen LogP contribution in [-0.4, -0.2) is 40.3 Å². The predicted octanol–water partition coefficient (Wildman–Crippen LogP) is 3.25. The van der Waals surface area contributed by atoms with Crippen LogP contribution in [0.4, 0.5) is 13.2 Å². The highest BCUT2D eigenvalue weighted by atomic mass is 32.2. The van der Waals surface area contributed by atoms with E-state index in [0.29, 0.717) is 5.56 Å². The van der Waals surface area contributed by atoms with Crippen molar-refractivity contribution in [2.75, 3.05) is 13.7 Å². The summed E-state index contributed by atoms with van der Waals surface area (Å²) < 4.78 is 73.7. The maximum absolute atomic E-state index is 12.5. The van der Waals surface area contributed by atoms with Crippen LogP contribution < -0.4 is 19.5 Å². The third-order valence-electron chi connectivity index (χ3n) is 3.89. The monoisotopic (exact) mass is 460 g/mol. The molecule has 0 saturated heterocycles. The van der Waals surface area contributed by atoms with E-state index < -0.39 is 28.7 Å². The van der Waals surface area contributed by atoms with Crippen LogP contribution >= 0.6 is 0 Å². The van der Waals surface area contributed by atoms with Crippen molar-refractivity contribution in [2.24, 2.45) is 0 Å². The Kier molecular flexibility index (Phi) is 7.91. The SMILES string of the molecule is COc1ccc(C(=O)NCc2ccc(OCC(F)(F)F)cc2)cc1S(=O)(=O)NC(C)C. The lowest BCUT2D eigenvalue weighted by Gasteiger charge is -2.14. The van der Waals surface area contributed by atoms with E-state index >= 15 is 0 Å². The largest absolute Gasteiger partial charge is 0.495 e. The van der Waals surface area contributed by atoms with Gasteiger partial charge in [-0.3, -0.25) is 4.79 Å². The molecule has 0 aliphatic heterocycles. The Hall–Kier alpha value is -2.79. The van der Waals surface area contributed by atoms with Gasteiger partial charge in [-0.15, -0.1) is 0 Å². The molecule has 2 rings (SSSR count). The summed E-state index contributed by atoms with van der Waals surface area (Å²) in [5.41, 5.74) is 0.727. The van der Waals surface area contributed by atoms with Crippen LogP contribution in [0.3, 0.4) is 0 Å². The van der Waals surface area contributed by atoms with E-state index in [4.69, 9.17) is 4.74 Å². The molecule has 11 heteroatoms. The van der Waals surface area contributed by atoms with Crippen LogP contribution in [0, 0.1) is 0 Å². The van der Waals surface area contributed by atoms with Gasteiger partial charge in [-0.2, -0.15) is 13.2 Å². The number of halogens is 3. The van der Waals surface area contributed by atoms with Crippen molar-refractivity contribution in [1.29, 1.82) is 0 Å². The van der Waals surface area contributed by atoms with Crippen LogP contribution in [0.5, 0.6) is 11.5 Å². The Morgan fingerprint density at radius 2 is 1.74 bits per heavy atom.